The number of aryl methyl sites for hydroxylation is 1. The number of nitrogens with zero attached hydrogens (tertiary/aromatic N) is 5. The first-order valence-corrected chi connectivity index (χ1v) is 7.63. The van der Waals surface area contributed by atoms with Crippen LogP contribution in [0.25, 0.3) is 0 Å². The zero-order chi connectivity index (χ0) is 14.8. The molecular formula is C12H16N6O2S. The Kier molecular flexibility index (Phi) is 3.82. The normalized spacial score (nSPS) is 21.9. The number of hydrogen-bond acceptors (Lipinski definition) is 7. The van der Waals surface area contributed by atoms with Crippen molar-refractivity contribution in [2.24, 2.45) is 5.92 Å². The zero-order valence-corrected chi connectivity index (χ0v) is 12.4. The second-order valence-electron chi connectivity index (χ2n) is 5.10. The van der Waals surface area contributed by atoms with Crippen LogP contribution in [0.5, 0.6) is 0 Å². The van der Waals surface area contributed by atoms with Gasteiger partial charge >= 0.3 is 5.97 Å². The number of H-pyrrole nitrogens is 1. The molecule has 1 aliphatic heterocycles. The van der Waals surface area contributed by atoms with E-state index in [1.54, 1.807) is 17.5 Å². The third kappa shape index (κ3) is 2.87. The van der Waals surface area contributed by atoms with Crippen molar-refractivity contribution in [1.29, 1.82) is 0 Å². The molecule has 2 aromatic rings. The molecule has 8 nitrogen and oxygen atoms in total. The molecular weight excluding hydrogens is 292 g/mol. The van der Waals surface area contributed by atoms with E-state index in [9.17, 15) is 4.79 Å². The van der Waals surface area contributed by atoms with E-state index in [1.807, 2.05) is 6.92 Å². The Labute approximate surface area is 125 Å². The maximum atomic E-state index is 11.1. The van der Waals surface area contributed by atoms with Crippen LogP contribution in [0, 0.1) is 5.92 Å². The lowest BCUT2D eigenvalue weighted by atomic mass is 9.91. The molecule has 0 saturated carbocycles. The third-order valence-corrected chi connectivity index (χ3v) is 4.85. The fraction of sp³-hybridized carbons (Fsp3) is 0.583. The number of anilines is 1. The van der Waals surface area contributed by atoms with Gasteiger partial charge in [0.05, 0.1) is 18.3 Å². The second kappa shape index (κ2) is 5.76. The maximum absolute atomic E-state index is 11.1. The van der Waals surface area contributed by atoms with Gasteiger partial charge in [-0.05, 0) is 12.3 Å². The number of aromatic nitrogens is 5. The summed E-state index contributed by atoms with van der Waals surface area (Å²) in [5.41, 5.74) is 0.809. The molecule has 0 unspecified atom stereocenters. The molecule has 112 valence electrons. The van der Waals surface area contributed by atoms with Crippen LogP contribution in [-0.2, 0) is 11.2 Å². The maximum Gasteiger partial charge on any atom is 0.303 e. The van der Waals surface area contributed by atoms with E-state index in [2.05, 4.69) is 30.5 Å². The third-order valence-electron chi connectivity index (χ3n) is 3.72. The summed E-state index contributed by atoms with van der Waals surface area (Å²) < 4.78 is 0. The highest BCUT2D eigenvalue weighted by Crippen LogP contribution is 2.37. The van der Waals surface area contributed by atoms with Gasteiger partial charge in [-0.15, -0.1) is 10.2 Å². The average Bonchev–Trinajstić information content (AvgIpc) is 3.17. The molecule has 0 radical (unpaired) electrons. The van der Waals surface area contributed by atoms with Crippen LogP contribution in [0.15, 0.2) is 6.20 Å². The molecule has 0 amide bonds. The van der Waals surface area contributed by atoms with Crippen molar-refractivity contribution in [2.45, 2.75) is 25.7 Å². The van der Waals surface area contributed by atoms with Crippen LogP contribution < -0.4 is 4.90 Å². The molecule has 21 heavy (non-hydrogen) atoms. The molecule has 2 atom stereocenters. The van der Waals surface area contributed by atoms with Gasteiger partial charge in [0.25, 0.3) is 0 Å². The standard InChI is InChI=1S/C12H16N6O2S/c1-2-10-15-16-12(21-10)18-5-7(3-11(19)20)8(6-18)9-4-13-17-14-9/h4,7-8H,2-3,5-6H2,1H3,(H,19,20)(H,13,14,17)/t7-,8+/m1/s1. The Morgan fingerprint density at radius 1 is 1.52 bits per heavy atom. The summed E-state index contributed by atoms with van der Waals surface area (Å²) in [6, 6.07) is 0. The summed E-state index contributed by atoms with van der Waals surface area (Å²) in [7, 11) is 0. The zero-order valence-electron chi connectivity index (χ0n) is 11.6. The number of aliphatic carboxylic acids is 1. The summed E-state index contributed by atoms with van der Waals surface area (Å²) in [4.78, 5) is 13.2. The first kappa shape index (κ1) is 13.9. The summed E-state index contributed by atoms with van der Waals surface area (Å²) >= 11 is 1.56. The van der Waals surface area contributed by atoms with E-state index in [0.717, 1.165) is 22.3 Å². The lowest BCUT2D eigenvalue weighted by Crippen LogP contribution is -2.20. The van der Waals surface area contributed by atoms with Gasteiger partial charge in [-0.25, -0.2) is 0 Å². The van der Waals surface area contributed by atoms with Crippen molar-refractivity contribution in [3.05, 3.63) is 16.9 Å². The number of hydrogen-bond donors (Lipinski definition) is 2. The van der Waals surface area contributed by atoms with Crippen LogP contribution in [0.4, 0.5) is 5.13 Å². The van der Waals surface area contributed by atoms with Crippen molar-refractivity contribution in [3.63, 3.8) is 0 Å². The molecule has 1 saturated heterocycles. The fourth-order valence-electron chi connectivity index (χ4n) is 2.70. The van der Waals surface area contributed by atoms with Gasteiger partial charge in [0.2, 0.25) is 5.13 Å². The predicted octanol–water partition coefficient (Wildman–Crippen LogP) is 0.913. The highest BCUT2D eigenvalue weighted by atomic mass is 32.1. The molecule has 9 heteroatoms. The quantitative estimate of drug-likeness (QED) is 0.845. The smallest absolute Gasteiger partial charge is 0.303 e. The minimum atomic E-state index is -0.790. The summed E-state index contributed by atoms with van der Waals surface area (Å²) in [5, 5.41) is 29.8. The highest BCUT2D eigenvalue weighted by molar-refractivity contribution is 7.15. The van der Waals surface area contributed by atoms with Crippen LogP contribution in [-0.4, -0.2) is 49.8 Å². The molecule has 0 bridgehead atoms. The SMILES string of the molecule is CCc1nnc(N2C[C@@H](CC(=O)O)[C@@H](c3cn[nH]n3)C2)s1. The Balaban J connectivity index is 1.81. The second-order valence-corrected chi connectivity index (χ2v) is 6.14. The number of carbonyl (C=O) groups is 1. The first-order chi connectivity index (χ1) is 10.2. The first-order valence-electron chi connectivity index (χ1n) is 6.82. The molecule has 3 heterocycles. The summed E-state index contributed by atoms with van der Waals surface area (Å²) in [6.45, 7) is 3.39. The number of carboxylic acids is 1. The van der Waals surface area contributed by atoms with Gasteiger partial charge in [0, 0.05) is 19.0 Å². The Morgan fingerprint density at radius 2 is 2.38 bits per heavy atom. The highest BCUT2D eigenvalue weighted by Gasteiger charge is 2.37. The van der Waals surface area contributed by atoms with E-state index in [0.29, 0.717) is 13.1 Å². The van der Waals surface area contributed by atoms with Gasteiger partial charge in [-0.1, -0.05) is 18.3 Å². The molecule has 0 aromatic carbocycles. The topological polar surface area (TPSA) is 108 Å². The minimum Gasteiger partial charge on any atom is -0.481 e. The van der Waals surface area contributed by atoms with Crippen molar-refractivity contribution >= 4 is 22.4 Å². The number of aromatic amines is 1. The molecule has 2 aromatic heterocycles. The molecule has 0 spiro atoms. The molecule has 2 N–H and O–H groups in total. The van der Waals surface area contributed by atoms with Crippen LogP contribution in [0.2, 0.25) is 0 Å². The largest absolute Gasteiger partial charge is 0.481 e. The Bertz CT molecular complexity index is 613. The molecule has 3 rings (SSSR count). The fourth-order valence-corrected chi connectivity index (χ4v) is 3.49. The van der Waals surface area contributed by atoms with Crippen molar-refractivity contribution in [3.8, 4) is 0 Å². The van der Waals surface area contributed by atoms with Gasteiger partial charge in [-0.3, -0.25) is 4.79 Å². The Morgan fingerprint density at radius 3 is 3.00 bits per heavy atom. The average molecular weight is 308 g/mol. The van der Waals surface area contributed by atoms with E-state index in [1.165, 1.54) is 0 Å². The van der Waals surface area contributed by atoms with Gasteiger partial charge in [-0.2, -0.15) is 15.4 Å². The summed E-state index contributed by atoms with van der Waals surface area (Å²) in [5.74, 6) is -0.739. The van der Waals surface area contributed by atoms with Crippen LogP contribution in [0.3, 0.4) is 0 Å². The van der Waals surface area contributed by atoms with Crippen molar-refractivity contribution in [1.82, 2.24) is 25.6 Å². The van der Waals surface area contributed by atoms with Gasteiger partial charge < -0.3 is 10.0 Å². The number of nitrogens with one attached hydrogen (secondary N) is 1. The molecule has 0 aliphatic carbocycles. The van der Waals surface area contributed by atoms with E-state index >= 15 is 0 Å². The van der Waals surface area contributed by atoms with E-state index in [4.69, 9.17) is 5.11 Å². The monoisotopic (exact) mass is 308 g/mol. The van der Waals surface area contributed by atoms with Crippen molar-refractivity contribution < 1.29 is 9.90 Å². The van der Waals surface area contributed by atoms with E-state index in [-0.39, 0.29) is 18.3 Å². The Hall–Kier alpha value is -2.03. The number of rotatable bonds is 5. The lowest BCUT2D eigenvalue weighted by molar-refractivity contribution is -0.138. The van der Waals surface area contributed by atoms with Crippen molar-refractivity contribution in [2.75, 3.05) is 18.0 Å². The minimum absolute atomic E-state index is 0.00146. The molecule has 1 fully saturated rings. The predicted molar refractivity (Wildman–Crippen MR) is 76.4 cm³/mol. The lowest BCUT2D eigenvalue weighted by Gasteiger charge is -2.12. The van der Waals surface area contributed by atoms with Crippen LogP contribution in [0.1, 0.15) is 30.0 Å². The van der Waals surface area contributed by atoms with E-state index < -0.39 is 5.97 Å². The van der Waals surface area contributed by atoms with Crippen LogP contribution >= 0.6 is 11.3 Å². The molecule has 1 aliphatic rings. The number of carboxylic acid groups (broad SMARTS) is 1. The van der Waals surface area contributed by atoms with Gasteiger partial charge in [0.1, 0.15) is 5.01 Å². The van der Waals surface area contributed by atoms with Gasteiger partial charge in [0.15, 0.2) is 0 Å². The summed E-state index contributed by atoms with van der Waals surface area (Å²) in [6.07, 6.45) is 2.64.